The van der Waals surface area contributed by atoms with Crippen molar-refractivity contribution in [1.29, 1.82) is 0 Å². The Labute approximate surface area is 137 Å². The zero-order valence-corrected chi connectivity index (χ0v) is 13.9. The smallest absolute Gasteiger partial charge is 0.317 e. The lowest BCUT2D eigenvalue weighted by Crippen LogP contribution is -2.42. The number of carbonyl (C=O) groups excluding carboxylic acids is 1. The first-order chi connectivity index (χ1) is 11.1. The number of amides is 2. The molecule has 7 heteroatoms. The van der Waals surface area contributed by atoms with Crippen molar-refractivity contribution in [3.8, 4) is 0 Å². The fourth-order valence-electron chi connectivity index (χ4n) is 2.65. The van der Waals surface area contributed by atoms with Crippen LogP contribution < -0.4 is 10.2 Å². The Bertz CT molecular complexity index is 506. The summed E-state index contributed by atoms with van der Waals surface area (Å²) in [5.41, 5.74) is 1.01. The Morgan fingerprint density at radius 1 is 1.52 bits per heavy atom. The van der Waals surface area contributed by atoms with Gasteiger partial charge in [-0.05, 0) is 30.5 Å². The molecule has 0 saturated carbocycles. The number of nitrogens with zero attached hydrogens (tertiary/aromatic N) is 3. The molecule has 1 aromatic rings. The number of ether oxygens (including phenoxy) is 1. The van der Waals surface area contributed by atoms with Crippen molar-refractivity contribution in [2.75, 3.05) is 45.3 Å². The van der Waals surface area contributed by atoms with E-state index in [0.717, 1.165) is 24.5 Å². The fourth-order valence-corrected chi connectivity index (χ4v) is 2.65. The highest BCUT2D eigenvalue weighted by molar-refractivity contribution is 5.73. The summed E-state index contributed by atoms with van der Waals surface area (Å²) in [5.74, 6) is 0.970. The van der Waals surface area contributed by atoms with Crippen LogP contribution in [0.2, 0.25) is 0 Å². The average Bonchev–Trinajstić information content (AvgIpc) is 3.07. The molecule has 0 aliphatic carbocycles. The number of likely N-dealkylation sites (N-methyl/N-ethyl adjacent to an activating group) is 1. The van der Waals surface area contributed by atoms with Crippen molar-refractivity contribution in [2.24, 2.45) is 0 Å². The van der Waals surface area contributed by atoms with E-state index in [-0.39, 0.29) is 19.2 Å². The molecular formula is C16H26N4O3. The zero-order chi connectivity index (χ0) is 16.7. The summed E-state index contributed by atoms with van der Waals surface area (Å²) in [6.07, 6.45) is 3.51. The van der Waals surface area contributed by atoms with E-state index in [0.29, 0.717) is 6.54 Å². The van der Waals surface area contributed by atoms with Gasteiger partial charge in [0.2, 0.25) is 0 Å². The largest absolute Gasteiger partial charge is 0.389 e. The molecule has 2 N–H and O–H groups in total. The van der Waals surface area contributed by atoms with Crippen LogP contribution in [-0.2, 0) is 11.3 Å². The Morgan fingerprint density at radius 2 is 2.26 bits per heavy atom. The van der Waals surface area contributed by atoms with Gasteiger partial charge in [0.25, 0.3) is 0 Å². The predicted octanol–water partition coefficient (Wildman–Crippen LogP) is 0.830. The molecule has 1 aromatic heterocycles. The minimum atomic E-state index is -0.682. The normalized spacial score (nSPS) is 15.5. The average molecular weight is 322 g/mol. The van der Waals surface area contributed by atoms with E-state index in [1.807, 2.05) is 12.1 Å². The zero-order valence-electron chi connectivity index (χ0n) is 13.9. The van der Waals surface area contributed by atoms with Crippen LogP contribution in [0, 0.1) is 0 Å². The molecule has 7 nitrogen and oxygen atoms in total. The van der Waals surface area contributed by atoms with E-state index < -0.39 is 6.10 Å². The van der Waals surface area contributed by atoms with Gasteiger partial charge >= 0.3 is 6.03 Å². The molecule has 2 rings (SSSR count). The molecule has 1 atom stereocenters. The first-order valence-corrected chi connectivity index (χ1v) is 7.96. The van der Waals surface area contributed by atoms with E-state index in [9.17, 15) is 9.90 Å². The molecule has 0 radical (unpaired) electrons. The summed E-state index contributed by atoms with van der Waals surface area (Å²) in [5, 5.41) is 12.5. The summed E-state index contributed by atoms with van der Waals surface area (Å²) in [4.78, 5) is 20.1. The van der Waals surface area contributed by atoms with Gasteiger partial charge in [0.05, 0.1) is 19.3 Å². The van der Waals surface area contributed by atoms with Gasteiger partial charge in [-0.25, -0.2) is 9.78 Å². The molecule has 2 heterocycles. The number of aromatic nitrogens is 1. The number of aliphatic hydroxyl groups is 1. The van der Waals surface area contributed by atoms with Crippen LogP contribution in [0.5, 0.6) is 0 Å². The van der Waals surface area contributed by atoms with Crippen molar-refractivity contribution in [3.05, 3.63) is 23.9 Å². The summed E-state index contributed by atoms with van der Waals surface area (Å²) in [6, 6.07) is 3.70. The summed E-state index contributed by atoms with van der Waals surface area (Å²) >= 11 is 0. The molecule has 0 aromatic carbocycles. The van der Waals surface area contributed by atoms with Crippen molar-refractivity contribution >= 4 is 11.8 Å². The molecule has 0 spiro atoms. The Balaban J connectivity index is 1.82. The summed E-state index contributed by atoms with van der Waals surface area (Å²) in [6.45, 7) is 2.97. The van der Waals surface area contributed by atoms with Crippen molar-refractivity contribution in [1.82, 2.24) is 15.2 Å². The quantitative estimate of drug-likeness (QED) is 0.777. The second-order valence-corrected chi connectivity index (χ2v) is 5.86. The Morgan fingerprint density at radius 3 is 2.96 bits per heavy atom. The third kappa shape index (κ3) is 5.37. The van der Waals surface area contributed by atoms with E-state index in [1.54, 1.807) is 13.2 Å². The van der Waals surface area contributed by atoms with Gasteiger partial charge in [-0.2, -0.15) is 0 Å². The van der Waals surface area contributed by atoms with Crippen molar-refractivity contribution in [3.63, 3.8) is 0 Å². The molecule has 1 saturated heterocycles. The van der Waals surface area contributed by atoms with Crippen LogP contribution in [0.4, 0.5) is 10.6 Å². The first kappa shape index (κ1) is 17.5. The van der Waals surface area contributed by atoms with Crippen molar-refractivity contribution in [2.45, 2.75) is 25.5 Å². The number of urea groups is 1. The van der Waals surface area contributed by atoms with E-state index in [1.165, 1.54) is 24.9 Å². The Hall–Kier alpha value is -1.86. The fraction of sp³-hybridized carbons (Fsp3) is 0.625. The number of methoxy groups -OCH3 is 1. The highest BCUT2D eigenvalue weighted by Gasteiger charge is 2.15. The number of carbonyl (C=O) groups is 1. The molecule has 0 unspecified atom stereocenters. The number of nitrogens with one attached hydrogen (secondary N) is 1. The molecule has 23 heavy (non-hydrogen) atoms. The lowest BCUT2D eigenvalue weighted by Gasteiger charge is -2.21. The number of pyridine rings is 1. The van der Waals surface area contributed by atoms with Gasteiger partial charge < -0.3 is 25.0 Å². The van der Waals surface area contributed by atoms with Crippen LogP contribution >= 0.6 is 0 Å². The van der Waals surface area contributed by atoms with Crippen LogP contribution in [0.15, 0.2) is 18.3 Å². The van der Waals surface area contributed by atoms with Gasteiger partial charge in [-0.1, -0.05) is 0 Å². The highest BCUT2D eigenvalue weighted by atomic mass is 16.5. The molecule has 1 aliphatic rings. The lowest BCUT2D eigenvalue weighted by atomic mass is 10.2. The van der Waals surface area contributed by atoms with Crippen LogP contribution in [0.1, 0.15) is 18.4 Å². The monoisotopic (exact) mass is 322 g/mol. The lowest BCUT2D eigenvalue weighted by molar-refractivity contribution is 0.0489. The number of hydrogen-bond donors (Lipinski definition) is 2. The molecule has 2 amide bonds. The molecule has 128 valence electrons. The van der Waals surface area contributed by atoms with Crippen LogP contribution in [0.3, 0.4) is 0 Å². The van der Waals surface area contributed by atoms with Gasteiger partial charge in [-0.3, -0.25) is 0 Å². The topological polar surface area (TPSA) is 77.9 Å². The van der Waals surface area contributed by atoms with Crippen LogP contribution in [-0.4, -0.2) is 67.5 Å². The SMILES string of the molecule is COC[C@H](O)CN(C)C(=O)NCc1ccnc(N2CCCC2)c1. The minimum absolute atomic E-state index is 0.209. The van der Waals surface area contributed by atoms with Gasteiger partial charge in [0, 0.05) is 40.0 Å². The Kier molecular flexibility index (Phi) is 6.61. The maximum atomic E-state index is 12.0. The minimum Gasteiger partial charge on any atom is -0.389 e. The summed E-state index contributed by atoms with van der Waals surface area (Å²) in [7, 11) is 3.17. The van der Waals surface area contributed by atoms with Gasteiger partial charge in [-0.15, -0.1) is 0 Å². The third-order valence-corrected chi connectivity index (χ3v) is 3.87. The predicted molar refractivity (Wildman–Crippen MR) is 88.4 cm³/mol. The van der Waals surface area contributed by atoms with E-state index >= 15 is 0 Å². The van der Waals surface area contributed by atoms with Crippen molar-refractivity contribution < 1.29 is 14.6 Å². The second kappa shape index (κ2) is 8.69. The molecule has 1 fully saturated rings. The van der Waals surface area contributed by atoms with Gasteiger partial charge in [0.1, 0.15) is 5.82 Å². The highest BCUT2D eigenvalue weighted by Crippen LogP contribution is 2.18. The van der Waals surface area contributed by atoms with Crippen LogP contribution in [0.25, 0.3) is 0 Å². The number of hydrogen-bond acceptors (Lipinski definition) is 5. The first-order valence-electron chi connectivity index (χ1n) is 7.96. The maximum absolute atomic E-state index is 12.0. The third-order valence-electron chi connectivity index (χ3n) is 3.87. The van der Waals surface area contributed by atoms with E-state index in [4.69, 9.17) is 4.74 Å². The second-order valence-electron chi connectivity index (χ2n) is 5.86. The standard InChI is InChI=1S/C16H26N4O3/c1-19(11-14(21)12-23-2)16(22)18-10-13-5-6-17-15(9-13)20-7-3-4-8-20/h5-6,9,14,21H,3-4,7-8,10-12H2,1-2H3,(H,18,22)/t14-/m1/s1. The molecule has 0 bridgehead atoms. The number of anilines is 1. The number of aliphatic hydroxyl groups excluding tert-OH is 1. The molecular weight excluding hydrogens is 296 g/mol. The number of rotatable bonds is 7. The van der Waals surface area contributed by atoms with Gasteiger partial charge in [0.15, 0.2) is 0 Å². The van der Waals surface area contributed by atoms with E-state index in [2.05, 4.69) is 15.2 Å². The molecule has 1 aliphatic heterocycles. The summed E-state index contributed by atoms with van der Waals surface area (Å²) < 4.78 is 4.86. The maximum Gasteiger partial charge on any atom is 0.317 e.